The number of carbonyl (C=O) groups excluding carboxylic acids is 2. The number of methoxy groups -OCH3 is 1. The summed E-state index contributed by atoms with van der Waals surface area (Å²) in [6.45, 7) is 4.44. The number of anilines is 1. The molecule has 0 saturated heterocycles. The highest BCUT2D eigenvalue weighted by Gasteiger charge is 2.18. The number of rotatable bonds is 11. The lowest BCUT2D eigenvalue weighted by Gasteiger charge is -2.22. The monoisotopic (exact) mass is 387 g/mol. The van der Waals surface area contributed by atoms with Gasteiger partial charge in [0.05, 0.1) is 20.1 Å². The second-order valence-corrected chi connectivity index (χ2v) is 6.77. The van der Waals surface area contributed by atoms with E-state index in [-0.39, 0.29) is 24.8 Å². The summed E-state index contributed by atoms with van der Waals surface area (Å²) in [5, 5.41) is 6.43. The molecule has 2 rings (SSSR count). The maximum Gasteiger partial charge on any atom is 0.245 e. The van der Waals surface area contributed by atoms with Crippen LogP contribution < -0.4 is 10.1 Å². The standard InChI is InChI=1S/C21H29N3O4/c1-4-5-6-7-12-24(15-20(25)22-19-13-16(2)28-23-19)21(26)14-17-8-10-18(27-3)11-9-17/h8-11,13H,4-7,12,14-15H2,1-3H3,(H,22,23,25). The fraction of sp³-hybridized carbons (Fsp3) is 0.476. The lowest BCUT2D eigenvalue weighted by atomic mass is 10.1. The number of benzene rings is 1. The Labute approximate surface area is 166 Å². The Morgan fingerprint density at radius 1 is 1.18 bits per heavy atom. The molecule has 0 atom stereocenters. The highest BCUT2D eigenvalue weighted by molar-refractivity contribution is 5.94. The Morgan fingerprint density at radius 2 is 1.93 bits per heavy atom. The zero-order valence-corrected chi connectivity index (χ0v) is 16.9. The number of nitrogens with zero attached hydrogens (tertiary/aromatic N) is 2. The molecule has 2 aromatic rings. The van der Waals surface area contributed by atoms with Gasteiger partial charge in [-0.2, -0.15) is 0 Å². The van der Waals surface area contributed by atoms with Gasteiger partial charge in [0.15, 0.2) is 5.82 Å². The molecular formula is C21H29N3O4. The summed E-state index contributed by atoms with van der Waals surface area (Å²) in [6, 6.07) is 9.03. The normalized spacial score (nSPS) is 10.5. The molecule has 1 aromatic heterocycles. The lowest BCUT2D eigenvalue weighted by molar-refractivity contribution is -0.134. The average Bonchev–Trinajstić information content (AvgIpc) is 3.09. The van der Waals surface area contributed by atoms with Crippen LogP contribution in [0.3, 0.4) is 0 Å². The molecule has 0 saturated carbocycles. The van der Waals surface area contributed by atoms with Crippen molar-refractivity contribution in [2.75, 3.05) is 25.5 Å². The molecule has 0 bridgehead atoms. The van der Waals surface area contributed by atoms with Gasteiger partial charge in [0, 0.05) is 12.6 Å². The number of ether oxygens (including phenoxy) is 1. The molecule has 2 amide bonds. The van der Waals surface area contributed by atoms with Crippen LogP contribution in [-0.2, 0) is 16.0 Å². The number of aryl methyl sites for hydroxylation is 1. The molecule has 0 aliphatic heterocycles. The van der Waals surface area contributed by atoms with Crippen molar-refractivity contribution in [2.24, 2.45) is 0 Å². The smallest absolute Gasteiger partial charge is 0.245 e. The van der Waals surface area contributed by atoms with Crippen molar-refractivity contribution < 1.29 is 18.8 Å². The number of unbranched alkanes of at least 4 members (excludes halogenated alkanes) is 3. The van der Waals surface area contributed by atoms with Crippen LogP contribution in [-0.4, -0.2) is 42.1 Å². The van der Waals surface area contributed by atoms with Crippen LogP contribution in [0.25, 0.3) is 0 Å². The van der Waals surface area contributed by atoms with E-state index in [1.807, 2.05) is 24.3 Å². The predicted octanol–water partition coefficient (Wildman–Crippen LogP) is 3.58. The maximum absolute atomic E-state index is 12.8. The summed E-state index contributed by atoms with van der Waals surface area (Å²) >= 11 is 0. The van der Waals surface area contributed by atoms with E-state index in [1.165, 1.54) is 0 Å². The first-order chi connectivity index (χ1) is 13.5. The number of nitrogens with one attached hydrogen (secondary N) is 1. The minimum absolute atomic E-state index is 0.00692. The van der Waals surface area contributed by atoms with E-state index in [2.05, 4.69) is 17.4 Å². The summed E-state index contributed by atoms with van der Waals surface area (Å²) < 4.78 is 10.1. The van der Waals surface area contributed by atoms with Gasteiger partial charge in [-0.05, 0) is 31.0 Å². The van der Waals surface area contributed by atoms with Crippen molar-refractivity contribution in [3.8, 4) is 5.75 Å². The molecule has 7 nitrogen and oxygen atoms in total. The van der Waals surface area contributed by atoms with Gasteiger partial charge in [-0.1, -0.05) is 43.5 Å². The topological polar surface area (TPSA) is 84.7 Å². The maximum atomic E-state index is 12.8. The first-order valence-electron chi connectivity index (χ1n) is 9.65. The number of hydrogen-bond acceptors (Lipinski definition) is 5. The van der Waals surface area contributed by atoms with Crippen LogP contribution in [0.5, 0.6) is 5.75 Å². The molecule has 152 valence electrons. The van der Waals surface area contributed by atoms with Gasteiger partial charge in [0.25, 0.3) is 0 Å². The molecule has 1 aromatic carbocycles. The van der Waals surface area contributed by atoms with Crippen molar-refractivity contribution in [1.82, 2.24) is 10.1 Å². The molecule has 0 spiro atoms. The van der Waals surface area contributed by atoms with Gasteiger partial charge in [0.1, 0.15) is 11.5 Å². The van der Waals surface area contributed by atoms with E-state index >= 15 is 0 Å². The number of hydrogen-bond donors (Lipinski definition) is 1. The van der Waals surface area contributed by atoms with E-state index < -0.39 is 0 Å². The Balaban J connectivity index is 1.97. The molecule has 0 aliphatic rings. The van der Waals surface area contributed by atoms with E-state index in [9.17, 15) is 9.59 Å². The third-order valence-corrected chi connectivity index (χ3v) is 4.38. The van der Waals surface area contributed by atoms with Crippen LogP contribution in [0.1, 0.15) is 43.9 Å². The van der Waals surface area contributed by atoms with Crippen molar-refractivity contribution >= 4 is 17.6 Å². The van der Waals surface area contributed by atoms with Crippen molar-refractivity contribution in [3.63, 3.8) is 0 Å². The van der Waals surface area contributed by atoms with E-state index in [0.717, 1.165) is 37.0 Å². The summed E-state index contributed by atoms with van der Waals surface area (Å²) in [5.74, 6) is 1.35. The SMILES string of the molecule is CCCCCCN(CC(=O)Nc1cc(C)on1)C(=O)Cc1ccc(OC)cc1. The molecule has 0 fully saturated rings. The van der Waals surface area contributed by atoms with Crippen molar-refractivity contribution in [3.05, 3.63) is 41.7 Å². The van der Waals surface area contributed by atoms with Gasteiger partial charge in [-0.15, -0.1) is 0 Å². The molecule has 7 heteroatoms. The fourth-order valence-corrected chi connectivity index (χ4v) is 2.83. The van der Waals surface area contributed by atoms with Crippen LogP contribution in [0, 0.1) is 6.92 Å². The summed E-state index contributed by atoms with van der Waals surface area (Å²) in [4.78, 5) is 26.8. The minimum Gasteiger partial charge on any atom is -0.497 e. The fourth-order valence-electron chi connectivity index (χ4n) is 2.83. The number of amides is 2. The third kappa shape index (κ3) is 7.06. The molecular weight excluding hydrogens is 358 g/mol. The zero-order valence-electron chi connectivity index (χ0n) is 16.9. The second kappa shape index (κ2) is 11.1. The molecule has 0 aliphatic carbocycles. The summed E-state index contributed by atoms with van der Waals surface area (Å²) in [7, 11) is 1.60. The highest BCUT2D eigenvalue weighted by atomic mass is 16.5. The van der Waals surface area contributed by atoms with Crippen LogP contribution >= 0.6 is 0 Å². The molecule has 0 radical (unpaired) electrons. The van der Waals surface area contributed by atoms with Crippen LogP contribution in [0.15, 0.2) is 34.9 Å². The number of aromatic nitrogens is 1. The van der Waals surface area contributed by atoms with Gasteiger partial charge in [0.2, 0.25) is 11.8 Å². The van der Waals surface area contributed by atoms with Gasteiger partial charge >= 0.3 is 0 Å². The van der Waals surface area contributed by atoms with Crippen molar-refractivity contribution in [2.45, 2.75) is 46.0 Å². The Morgan fingerprint density at radius 3 is 2.54 bits per heavy atom. The first-order valence-corrected chi connectivity index (χ1v) is 9.65. The van der Waals surface area contributed by atoms with Gasteiger partial charge in [-0.3, -0.25) is 9.59 Å². The Kier molecular flexibility index (Phi) is 8.52. The molecule has 1 N–H and O–H groups in total. The summed E-state index contributed by atoms with van der Waals surface area (Å²) in [6.07, 6.45) is 4.39. The highest BCUT2D eigenvalue weighted by Crippen LogP contribution is 2.13. The van der Waals surface area contributed by atoms with E-state index in [1.54, 1.807) is 25.0 Å². The Hall–Kier alpha value is -2.83. The third-order valence-electron chi connectivity index (χ3n) is 4.38. The molecule has 0 unspecified atom stereocenters. The number of carbonyl (C=O) groups is 2. The zero-order chi connectivity index (χ0) is 20.4. The summed E-state index contributed by atoms with van der Waals surface area (Å²) in [5.41, 5.74) is 0.886. The minimum atomic E-state index is -0.285. The predicted molar refractivity (Wildman–Crippen MR) is 107 cm³/mol. The van der Waals surface area contributed by atoms with Crippen molar-refractivity contribution in [1.29, 1.82) is 0 Å². The largest absolute Gasteiger partial charge is 0.497 e. The molecule has 28 heavy (non-hydrogen) atoms. The van der Waals surface area contributed by atoms with Gasteiger partial charge < -0.3 is 19.5 Å². The molecule has 1 heterocycles. The first kappa shape index (κ1) is 21.5. The Bertz CT molecular complexity index is 755. The van der Waals surface area contributed by atoms with Crippen LogP contribution in [0.4, 0.5) is 5.82 Å². The van der Waals surface area contributed by atoms with E-state index in [0.29, 0.717) is 18.1 Å². The van der Waals surface area contributed by atoms with Crippen LogP contribution in [0.2, 0.25) is 0 Å². The quantitative estimate of drug-likeness (QED) is 0.596. The van der Waals surface area contributed by atoms with E-state index in [4.69, 9.17) is 9.26 Å². The lowest BCUT2D eigenvalue weighted by Crippen LogP contribution is -2.39. The second-order valence-electron chi connectivity index (χ2n) is 6.77. The average molecular weight is 387 g/mol. The van der Waals surface area contributed by atoms with Gasteiger partial charge in [-0.25, -0.2) is 0 Å².